The van der Waals surface area contributed by atoms with Crippen LogP contribution in [0.25, 0.3) is 0 Å². The summed E-state index contributed by atoms with van der Waals surface area (Å²) in [6.45, 7) is 1.16. The van der Waals surface area contributed by atoms with Crippen molar-refractivity contribution in [2.45, 2.75) is 36.9 Å². The van der Waals surface area contributed by atoms with Crippen molar-refractivity contribution in [3.05, 3.63) is 134 Å². The summed E-state index contributed by atoms with van der Waals surface area (Å²) < 4.78 is 20.2. The Bertz CT molecular complexity index is 1510. The molecule has 40 heavy (non-hydrogen) atoms. The maximum Gasteiger partial charge on any atom is 0.330 e. The second-order valence-electron chi connectivity index (χ2n) is 9.89. The van der Waals surface area contributed by atoms with Gasteiger partial charge in [0.15, 0.2) is 0 Å². The van der Waals surface area contributed by atoms with E-state index in [1.165, 1.54) is 10.8 Å². The Labute approximate surface area is 236 Å². The minimum atomic E-state index is -1.34. The van der Waals surface area contributed by atoms with Crippen LogP contribution in [0.15, 0.2) is 101 Å². The molecule has 2 N–H and O–H groups in total. The van der Waals surface area contributed by atoms with Gasteiger partial charge in [-0.15, -0.1) is 11.6 Å². The molecule has 0 spiro atoms. The third-order valence-electron chi connectivity index (χ3n) is 7.50. The maximum absolute atomic E-state index is 12.8. The minimum Gasteiger partial charge on any atom is -0.497 e. The molecule has 3 atom stereocenters. The number of halogens is 1. The smallest absolute Gasteiger partial charge is 0.330 e. The van der Waals surface area contributed by atoms with Gasteiger partial charge in [-0.05, 0) is 35.7 Å². The lowest BCUT2D eigenvalue weighted by Gasteiger charge is -2.41. The molecule has 1 saturated heterocycles. The average molecular weight is 563 g/mol. The second-order valence-corrected chi connectivity index (χ2v) is 10.2. The number of rotatable bonds is 9. The monoisotopic (exact) mass is 562 g/mol. The third kappa shape index (κ3) is 4.88. The Morgan fingerprint density at radius 1 is 1.00 bits per heavy atom. The molecule has 1 aliphatic heterocycles. The molecular formula is C31H31ClN2O6. The number of aliphatic hydroxyl groups excluding tert-OH is 1. The lowest BCUT2D eigenvalue weighted by atomic mass is 9.79. The van der Waals surface area contributed by atoms with Crippen LogP contribution in [0, 0.1) is 6.92 Å². The van der Waals surface area contributed by atoms with E-state index in [0.29, 0.717) is 11.3 Å². The summed E-state index contributed by atoms with van der Waals surface area (Å²) in [4.78, 5) is 27.1. The van der Waals surface area contributed by atoms with Crippen molar-refractivity contribution in [3.63, 3.8) is 0 Å². The van der Waals surface area contributed by atoms with E-state index in [4.69, 9.17) is 25.8 Å². The first-order chi connectivity index (χ1) is 19.4. The molecule has 5 rings (SSSR count). The zero-order valence-electron chi connectivity index (χ0n) is 22.2. The molecule has 1 fully saturated rings. The molecule has 1 aromatic heterocycles. The molecular weight excluding hydrogens is 532 g/mol. The normalized spacial score (nSPS) is 20.9. The standard InChI is InChI=1S/C31H31ClN2O6/c1-21-18-34(29(37)33-28(21)36)27-17-26(30(19-32,20-35)40-27)39-31(22-9-5-3-6-10-22,23-11-7-4-8-12-23)24-13-15-25(38-2)16-14-24/h3-16,18,26-27,35H,17,19-20H2,1-2H3,(H,33,36,37)/t26-,27-,30-/m1/s1. The highest BCUT2D eigenvalue weighted by Gasteiger charge is 2.54. The van der Waals surface area contributed by atoms with Crippen LogP contribution >= 0.6 is 11.6 Å². The number of benzene rings is 3. The van der Waals surface area contributed by atoms with Crippen molar-refractivity contribution in [2.24, 2.45) is 0 Å². The van der Waals surface area contributed by atoms with E-state index in [-0.39, 0.29) is 12.3 Å². The van der Waals surface area contributed by atoms with E-state index >= 15 is 0 Å². The third-order valence-corrected chi connectivity index (χ3v) is 7.95. The van der Waals surface area contributed by atoms with Crippen molar-refractivity contribution in [3.8, 4) is 5.75 Å². The van der Waals surface area contributed by atoms with Gasteiger partial charge in [-0.2, -0.15) is 0 Å². The second kappa shape index (κ2) is 11.4. The number of aromatic nitrogens is 2. The van der Waals surface area contributed by atoms with E-state index in [2.05, 4.69) is 4.98 Å². The summed E-state index contributed by atoms with van der Waals surface area (Å²) in [6, 6.07) is 27.2. The number of hydrogen-bond acceptors (Lipinski definition) is 6. The number of aliphatic hydroxyl groups is 1. The molecule has 0 amide bonds. The molecule has 2 heterocycles. The Balaban J connectivity index is 1.69. The zero-order valence-corrected chi connectivity index (χ0v) is 23.0. The first kappa shape index (κ1) is 27.9. The van der Waals surface area contributed by atoms with Gasteiger partial charge in [-0.25, -0.2) is 4.79 Å². The Morgan fingerprint density at radius 3 is 2.10 bits per heavy atom. The van der Waals surface area contributed by atoms with E-state index < -0.39 is 41.4 Å². The first-order valence-corrected chi connectivity index (χ1v) is 13.5. The highest BCUT2D eigenvalue weighted by atomic mass is 35.5. The largest absolute Gasteiger partial charge is 0.497 e. The molecule has 4 aromatic rings. The average Bonchev–Trinajstić information content (AvgIpc) is 3.37. The Morgan fingerprint density at radius 2 is 1.57 bits per heavy atom. The SMILES string of the molecule is COc1ccc(C(O[C@@H]2C[C@H](n3cc(C)c(=O)[nH]c3=O)O[C@@]2(CO)CCl)(c2ccccc2)c2ccccc2)cc1. The first-order valence-electron chi connectivity index (χ1n) is 13.0. The zero-order chi connectivity index (χ0) is 28.3. The van der Waals surface area contributed by atoms with Crippen LogP contribution in [0.5, 0.6) is 5.75 Å². The number of aromatic amines is 1. The van der Waals surface area contributed by atoms with Gasteiger partial charge in [0.2, 0.25) is 0 Å². The highest BCUT2D eigenvalue weighted by Crippen LogP contribution is 2.48. The fourth-order valence-corrected chi connectivity index (χ4v) is 5.63. The fourth-order valence-electron chi connectivity index (χ4n) is 5.31. The highest BCUT2D eigenvalue weighted by molar-refractivity contribution is 6.18. The van der Waals surface area contributed by atoms with Crippen LogP contribution in [0.4, 0.5) is 0 Å². The van der Waals surface area contributed by atoms with Gasteiger partial charge in [0.25, 0.3) is 5.56 Å². The topological polar surface area (TPSA) is 103 Å². The van der Waals surface area contributed by atoms with Gasteiger partial charge in [-0.1, -0.05) is 72.8 Å². The predicted octanol–water partition coefficient (Wildman–Crippen LogP) is 4.12. The summed E-state index contributed by atoms with van der Waals surface area (Å²) >= 11 is 6.49. The lowest BCUT2D eigenvalue weighted by molar-refractivity contribution is -0.152. The summed E-state index contributed by atoms with van der Waals surface area (Å²) in [5, 5.41) is 10.6. The van der Waals surface area contributed by atoms with Gasteiger partial charge in [0.1, 0.15) is 23.2 Å². The van der Waals surface area contributed by atoms with Crippen LogP contribution in [0.3, 0.4) is 0 Å². The van der Waals surface area contributed by atoms with Crippen LogP contribution in [-0.4, -0.2) is 46.0 Å². The molecule has 3 aromatic carbocycles. The van der Waals surface area contributed by atoms with Crippen LogP contribution in [-0.2, 0) is 15.1 Å². The van der Waals surface area contributed by atoms with Gasteiger partial charge in [0.05, 0.1) is 25.7 Å². The van der Waals surface area contributed by atoms with Crippen molar-refractivity contribution < 1.29 is 19.3 Å². The quantitative estimate of drug-likeness (QED) is 0.235. The van der Waals surface area contributed by atoms with E-state index in [1.54, 1.807) is 14.0 Å². The Hall–Kier alpha value is -3.69. The number of aryl methyl sites for hydroxylation is 1. The number of nitrogens with one attached hydrogen (secondary N) is 1. The van der Waals surface area contributed by atoms with Crippen molar-refractivity contribution in [1.29, 1.82) is 0 Å². The van der Waals surface area contributed by atoms with Gasteiger partial charge in [0, 0.05) is 18.2 Å². The van der Waals surface area contributed by atoms with Gasteiger partial charge in [-0.3, -0.25) is 14.3 Å². The minimum absolute atomic E-state index is 0.0932. The van der Waals surface area contributed by atoms with Crippen LogP contribution in [0.1, 0.15) is 34.9 Å². The molecule has 0 unspecified atom stereocenters. The van der Waals surface area contributed by atoms with Crippen molar-refractivity contribution in [2.75, 3.05) is 19.6 Å². The molecule has 0 bridgehead atoms. The van der Waals surface area contributed by atoms with E-state index in [0.717, 1.165) is 16.7 Å². The molecule has 8 nitrogen and oxygen atoms in total. The number of nitrogens with zero attached hydrogens (tertiary/aromatic N) is 1. The molecule has 0 radical (unpaired) electrons. The fraction of sp³-hybridized carbons (Fsp3) is 0.290. The maximum atomic E-state index is 12.8. The molecule has 9 heteroatoms. The lowest BCUT2D eigenvalue weighted by Crippen LogP contribution is -2.50. The summed E-state index contributed by atoms with van der Waals surface area (Å²) in [5.74, 6) is 0.602. The predicted molar refractivity (Wildman–Crippen MR) is 152 cm³/mol. The van der Waals surface area contributed by atoms with E-state index in [9.17, 15) is 14.7 Å². The number of alkyl halides is 1. The summed E-state index contributed by atoms with van der Waals surface area (Å²) in [5.41, 5.74) is -0.671. The molecule has 0 saturated carbocycles. The Kier molecular flexibility index (Phi) is 7.96. The van der Waals surface area contributed by atoms with Crippen molar-refractivity contribution in [1.82, 2.24) is 9.55 Å². The van der Waals surface area contributed by atoms with Crippen LogP contribution < -0.4 is 16.0 Å². The summed E-state index contributed by atoms with van der Waals surface area (Å²) in [7, 11) is 1.61. The number of ether oxygens (including phenoxy) is 3. The van der Waals surface area contributed by atoms with Crippen LogP contribution in [0.2, 0.25) is 0 Å². The number of methoxy groups -OCH3 is 1. The number of H-pyrrole nitrogens is 1. The van der Waals surface area contributed by atoms with E-state index in [1.807, 2.05) is 84.9 Å². The number of hydrogen-bond donors (Lipinski definition) is 2. The van der Waals surface area contributed by atoms with Crippen molar-refractivity contribution >= 4 is 11.6 Å². The molecule has 1 aliphatic rings. The van der Waals surface area contributed by atoms with Gasteiger partial charge >= 0.3 is 5.69 Å². The van der Waals surface area contributed by atoms with Gasteiger partial charge < -0.3 is 19.3 Å². The molecule has 208 valence electrons. The summed E-state index contributed by atoms with van der Waals surface area (Å²) in [6.07, 6.45) is 0.0482. The molecule has 0 aliphatic carbocycles.